The number of ether oxygens (including phenoxy) is 1. The number of nitrogens with zero attached hydrogens (tertiary/aromatic N) is 2. The Kier molecular flexibility index (Phi) is 5.17. The van der Waals surface area contributed by atoms with Crippen molar-refractivity contribution in [1.29, 1.82) is 0 Å². The summed E-state index contributed by atoms with van der Waals surface area (Å²) in [5, 5.41) is 8.58. The number of nitrogens with one attached hydrogen (secondary N) is 3. The minimum atomic E-state index is -0.112. The second kappa shape index (κ2) is 8.25. The number of carbonyl (C=O) groups is 1. The third-order valence-electron chi connectivity index (χ3n) is 5.08. The lowest BCUT2D eigenvalue weighted by Gasteiger charge is -2.15. The predicted octanol–water partition coefficient (Wildman–Crippen LogP) is 3.61. The van der Waals surface area contributed by atoms with E-state index >= 15 is 0 Å². The van der Waals surface area contributed by atoms with Crippen molar-refractivity contribution < 1.29 is 9.53 Å². The van der Waals surface area contributed by atoms with Crippen LogP contribution in [0.3, 0.4) is 0 Å². The average Bonchev–Trinajstić information content (AvgIpc) is 3.50. The minimum absolute atomic E-state index is 0.112. The summed E-state index contributed by atoms with van der Waals surface area (Å²) >= 11 is 1.40. The van der Waals surface area contributed by atoms with Crippen LogP contribution in [0.2, 0.25) is 0 Å². The normalized spacial score (nSPS) is 16.1. The summed E-state index contributed by atoms with van der Waals surface area (Å²) < 4.78 is 6.22. The molecule has 1 aliphatic rings. The lowest BCUT2D eigenvalue weighted by Crippen LogP contribution is -2.19. The predicted molar refractivity (Wildman–Crippen MR) is 118 cm³/mol. The number of H-pyrrole nitrogens is 1. The zero-order valence-electron chi connectivity index (χ0n) is 16.2. The number of aromatic nitrogens is 3. The average molecular weight is 420 g/mol. The van der Waals surface area contributed by atoms with Crippen LogP contribution in [0.15, 0.2) is 54.0 Å². The number of aromatic amines is 1. The molecule has 1 aliphatic heterocycles. The fraction of sp³-hybridized carbons (Fsp3) is 0.227. The first kappa shape index (κ1) is 18.8. The molecular weight excluding hydrogens is 398 g/mol. The van der Waals surface area contributed by atoms with Gasteiger partial charge in [-0.2, -0.15) is 0 Å². The molecule has 7 nitrogen and oxygen atoms in total. The number of para-hydroxylation sites is 2. The molecule has 152 valence electrons. The van der Waals surface area contributed by atoms with E-state index in [9.17, 15) is 4.79 Å². The summed E-state index contributed by atoms with van der Waals surface area (Å²) in [6.45, 7) is 1.83. The molecule has 4 aromatic rings. The maximum atomic E-state index is 12.4. The third-order valence-corrected chi connectivity index (χ3v) is 5.77. The Morgan fingerprint density at radius 3 is 3.00 bits per heavy atom. The van der Waals surface area contributed by atoms with Gasteiger partial charge >= 0.3 is 0 Å². The van der Waals surface area contributed by atoms with E-state index in [4.69, 9.17) is 9.72 Å². The minimum Gasteiger partial charge on any atom is -0.488 e. The summed E-state index contributed by atoms with van der Waals surface area (Å²) in [6.07, 6.45) is 3.06. The van der Waals surface area contributed by atoms with Gasteiger partial charge in [0.1, 0.15) is 17.7 Å². The number of carbonyl (C=O) groups excluding carboxylic acids is 1. The van der Waals surface area contributed by atoms with Gasteiger partial charge in [0.15, 0.2) is 5.13 Å². The fourth-order valence-corrected chi connectivity index (χ4v) is 4.20. The fourth-order valence-electron chi connectivity index (χ4n) is 3.66. The largest absolute Gasteiger partial charge is 0.488 e. The van der Waals surface area contributed by atoms with E-state index in [-0.39, 0.29) is 18.4 Å². The Morgan fingerprint density at radius 1 is 1.23 bits per heavy atom. The molecule has 3 heterocycles. The van der Waals surface area contributed by atoms with E-state index in [0.29, 0.717) is 5.13 Å². The van der Waals surface area contributed by atoms with Crippen molar-refractivity contribution in [3.8, 4) is 17.1 Å². The summed E-state index contributed by atoms with van der Waals surface area (Å²) in [7, 11) is 0. The van der Waals surface area contributed by atoms with Gasteiger partial charge in [-0.1, -0.05) is 24.3 Å². The molecule has 1 atom stereocenters. The Bertz CT molecular complexity index is 1170. The van der Waals surface area contributed by atoms with Gasteiger partial charge in [-0.15, -0.1) is 11.3 Å². The molecule has 30 heavy (non-hydrogen) atoms. The molecule has 0 aliphatic carbocycles. The molecular formula is C22H21N5O2S. The first-order valence-electron chi connectivity index (χ1n) is 9.90. The molecule has 5 rings (SSSR count). The lowest BCUT2D eigenvalue weighted by atomic mass is 10.1. The molecule has 1 saturated heterocycles. The third kappa shape index (κ3) is 3.92. The standard InChI is InChI=1S/C22H21N5O2S/c28-19(26-22-24-10-11-30-22)12-14-4-3-6-17-20(14)27-21(25-17)16-5-1-2-7-18(16)29-15-8-9-23-13-15/h1-7,10-11,15,23H,8-9,12-13H2,(H,25,27)(H,24,26,28). The molecule has 0 radical (unpaired) electrons. The van der Waals surface area contributed by atoms with Crippen LogP contribution in [-0.4, -0.2) is 40.1 Å². The number of hydrogen-bond donors (Lipinski definition) is 3. The number of anilines is 1. The van der Waals surface area contributed by atoms with Crippen molar-refractivity contribution in [3.05, 3.63) is 59.6 Å². The second-order valence-electron chi connectivity index (χ2n) is 7.19. The number of rotatable bonds is 6. The van der Waals surface area contributed by atoms with E-state index in [0.717, 1.165) is 53.2 Å². The molecule has 0 spiro atoms. The highest BCUT2D eigenvalue weighted by Gasteiger charge is 2.19. The van der Waals surface area contributed by atoms with Crippen molar-refractivity contribution in [1.82, 2.24) is 20.3 Å². The highest BCUT2D eigenvalue weighted by molar-refractivity contribution is 7.13. The van der Waals surface area contributed by atoms with Crippen molar-refractivity contribution >= 4 is 33.4 Å². The number of hydrogen-bond acceptors (Lipinski definition) is 6. The zero-order chi connectivity index (χ0) is 20.3. The number of amides is 1. The van der Waals surface area contributed by atoms with Gasteiger partial charge < -0.3 is 20.4 Å². The van der Waals surface area contributed by atoms with Crippen molar-refractivity contribution in [3.63, 3.8) is 0 Å². The topological polar surface area (TPSA) is 91.9 Å². The van der Waals surface area contributed by atoms with Gasteiger partial charge in [-0.25, -0.2) is 9.97 Å². The monoisotopic (exact) mass is 419 g/mol. The van der Waals surface area contributed by atoms with Crippen LogP contribution in [0.4, 0.5) is 5.13 Å². The molecule has 0 bridgehead atoms. The Labute approximate surface area is 177 Å². The van der Waals surface area contributed by atoms with Gasteiger partial charge in [-0.3, -0.25) is 4.79 Å². The zero-order valence-corrected chi connectivity index (χ0v) is 17.0. The first-order chi connectivity index (χ1) is 14.8. The van der Waals surface area contributed by atoms with Crippen LogP contribution in [0, 0.1) is 0 Å². The summed E-state index contributed by atoms with van der Waals surface area (Å²) in [5.74, 6) is 1.44. The van der Waals surface area contributed by atoms with Crippen LogP contribution < -0.4 is 15.4 Å². The summed E-state index contributed by atoms with van der Waals surface area (Å²) in [5.41, 5.74) is 3.46. The number of imidazole rings is 1. The SMILES string of the molecule is O=C(Cc1cccc2[nH]c(-c3ccccc3OC3CCNC3)nc12)Nc1nccs1. The maximum Gasteiger partial charge on any atom is 0.230 e. The van der Waals surface area contributed by atoms with Crippen LogP contribution in [0.1, 0.15) is 12.0 Å². The molecule has 2 aromatic heterocycles. The molecule has 8 heteroatoms. The first-order valence-corrected chi connectivity index (χ1v) is 10.8. The number of thiazole rings is 1. The molecule has 1 amide bonds. The Hall–Kier alpha value is -3.23. The quantitative estimate of drug-likeness (QED) is 0.444. The van der Waals surface area contributed by atoms with Crippen LogP contribution in [-0.2, 0) is 11.2 Å². The van der Waals surface area contributed by atoms with E-state index in [1.165, 1.54) is 11.3 Å². The van der Waals surface area contributed by atoms with Crippen LogP contribution in [0.5, 0.6) is 5.75 Å². The van der Waals surface area contributed by atoms with Crippen molar-refractivity contribution in [2.75, 3.05) is 18.4 Å². The van der Waals surface area contributed by atoms with E-state index < -0.39 is 0 Å². The highest BCUT2D eigenvalue weighted by atomic mass is 32.1. The molecule has 0 saturated carbocycles. The van der Waals surface area contributed by atoms with Crippen molar-refractivity contribution in [2.24, 2.45) is 0 Å². The Balaban J connectivity index is 1.43. The van der Waals surface area contributed by atoms with Gasteiger partial charge in [0.05, 0.1) is 23.0 Å². The van der Waals surface area contributed by atoms with Crippen LogP contribution >= 0.6 is 11.3 Å². The van der Waals surface area contributed by atoms with Gasteiger partial charge in [0, 0.05) is 18.1 Å². The number of fused-ring (bicyclic) bond motifs is 1. The van der Waals surface area contributed by atoms with Gasteiger partial charge in [-0.05, 0) is 36.7 Å². The maximum absolute atomic E-state index is 12.4. The summed E-state index contributed by atoms with van der Waals surface area (Å²) in [4.78, 5) is 24.8. The van der Waals surface area contributed by atoms with E-state index in [1.54, 1.807) is 6.20 Å². The molecule has 1 unspecified atom stereocenters. The second-order valence-corrected chi connectivity index (χ2v) is 8.08. The van der Waals surface area contributed by atoms with E-state index in [1.807, 2.05) is 47.8 Å². The summed E-state index contributed by atoms with van der Waals surface area (Å²) in [6, 6.07) is 13.8. The van der Waals surface area contributed by atoms with Gasteiger partial charge in [0.2, 0.25) is 5.91 Å². The molecule has 2 aromatic carbocycles. The number of benzene rings is 2. The smallest absolute Gasteiger partial charge is 0.230 e. The van der Waals surface area contributed by atoms with E-state index in [2.05, 4.69) is 20.6 Å². The molecule has 3 N–H and O–H groups in total. The highest BCUT2D eigenvalue weighted by Crippen LogP contribution is 2.31. The molecule has 1 fully saturated rings. The van der Waals surface area contributed by atoms with Gasteiger partial charge in [0.25, 0.3) is 0 Å². The van der Waals surface area contributed by atoms with Crippen molar-refractivity contribution in [2.45, 2.75) is 18.9 Å². The Morgan fingerprint density at radius 2 is 2.17 bits per heavy atom. The van der Waals surface area contributed by atoms with Crippen LogP contribution in [0.25, 0.3) is 22.4 Å². The lowest BCUT2D eigenvalue weighted by molar-refractivity contribution is -0.115.